The predicted octanol–water partition coefficient (Wildman–Crippen LogP) is 6.35. The number of benzene rings is 2. The first-order valence-corrected chi connectivity index (χ1v) is 11.6. The highest BCUT2D eigenvalue weighted by Crippen LogP contribution is 2.32. The number of nitrogens with zero attached hydrogens (tertiary/aromatic N) is 1. The number of carbonyl (C=O) groups is 2. The van der Waals surface area contributed by atoms with E-state index in [4.69, 9.17) is 27.6 Å². The summed E-state index contributed by atoms with van der Waals surface area (Å²) in [6.07, 6.45) is 4.55. The van der Waals surface area contributed by atoms with E-state index in [1.54, 1.807) is 53.4 Å². The van der Waals surface area contributed by atoms with Crippen molar-refractivity contribution in [3.63, 3.8) is 0 Å². The van der Waals surface area contributed by atoms with E-state index in [0.29, 0.717) is 45.8 Å². The number of hydrogen-bond acceptors (Lipinski definition) is 3. The molecule has 1 aliphatic rings. The van der Waals surface area contributed by atoms with Crippen LogP contribution in [0.2, 0.25) is 10.0 Å². The van der Waals surface area contributed by atoms with Crippen molar-refractivity contribution < 1.29 is 14.0 Å². The molecular formula is C26H24Cl2N2O3. The van der Waals surface area contributed by atoms with Crippen molar-refractivity contribution in [1.29, 1.82) is 0 Å². The largest absolute Gasteiger partial charge is 0.457 e. The highest BCUT2D eigenvalue weighted by molar-refractivity contribution is 6.35. The number of amides is 2. The van der Waals surface area contributed by atoms with Gasteiger partial charge in [0.2, 0.25) is 0 Å². The number of rotatable bonds is 5. The Morgan fingerprint density at radius 1 is 0.970 bits per heavy atom. The molecule has 7 heteroatoms. The minimum Gasteiger partial charge on any atom is -0.457 e. The first kappa shape index (κ1) is 23.1. The second-order valence-electron chi connectivity index (χ2n) is 8.06. The third-order valence-electron chi connectivity index (χ3n) is 5.54. The minimum absolute atomic E-state index is 0.167. The van der Waals surface area contributed by atoms with Crippen LogP contribution in [0.4, 0.5) is 0 Å². The van der Waals surface area contributed by atoms with Gasteiger partial charge >= 0.3 is 0 Å². The monoisotopic (exact) mass is 482 g/mol. The highest BCUT2D eigenvalue weighted by Gasteiger charge is 2.23. The van der Waals surface area contributed by atoms with Gasteiger partial charge in [0.25, 0.3) is 11.8 Å². The molecule has 3 aromatic rings. The van der Waals surface area contributed by atoms with Gasteiger partial charge in [-0.15, -0.1) is 0 Å². The Bertz CT molecular complexity index is 1190. The van der Waals surface area contributed by atoms with Crippen molar-refractivity contribution in [1.82, 2.24) is 10.2 Å². The van der Waals surface area contributed by atoms with Gasteiger partial charge in [-0.25, -0.2) is 0 Å². The van der Waals surface area contributed by atoms with Crippen LogP contribution in [0.5, 0.6) is 0 Å². The highest BCUT2D eigenvalue weighted by atomic mass is 35.5. The van der Waals surface area contributed by atoms with E-state index in [-0.39, 0.29) is 17.5 Å². The Kier molecular flexibility index (Phi) is 7.21. The molecule has 0 unspecified atom stereocenters. The van der Waals surface area contributed by atoms with E-state index >= 15 is 0 Å². The van der Waals surface area contributed by atoms with Crippen LogP contribution < -0.4 is 5.32 Å². The molecule has 0 saturated carbocycles. The van der Waals surface area contributed by atoms with Gasteiger partial charge in [-0.1, -0.05) is 40.9 Å². The molecule has 0 aliphatic carbocycles. The summed E-state index contributed by atoms with van der Waals surface area (Å²) in [4.78, 5) is 27.9. The zero-order chi connectivity index (χ0) is 23.4. The molecule has 2 heterocycles. The molecule has 2 amide bonds. The Hall–Kier alpha value is -3.02. The third-order valence-corrected chi connectivity index (χ3v) is 6.11. The molecule has 0 radical (unpaired) electrons. The minimum atomic E-state index is -0.351. The summed E-state index contributed by atoms with van der Waals surface area (Å²) in [5.74, 6) is 0.360. The van der Waals surface area contributed by atoms with Gasteiger partial charge in [0.15, 0.2) is 0 Å². The molecule has 33 heavy (non-hydrogen) atoms. The molecule has 1 fully saturated rings. The van der Waals surface area contributed by atoms with Crippen molar-refractivity contribution in [2.75, 3.05) is 13.1 Å². The van der Waals surface area contributed by atoms with Crippen LogP contribution in [-0.2, 0) is 4.79 Å². The average Bonchev–Trinajstić information content (AvgIpc) is 3.29. The zero-order valence-corrected chi connectivity index (χ0v) is 19.7. The molecule has 5 nitrogen and oxygen atoms in total. The third kappa shape index (κ3) is 5.67. The standard InChI is InChI=1S/C26H24Cl2N2O3/c1-17-5-7-18(8-6-17)25(31)29-23(26(32)30-13-3-2-4-14-30)16-20-10-12-24(33-20)21-15-19(27)9-11-22(21)28/h5-12,15-16H,2-4,13-14H2,1H3,(H,29,31)/b23-16+. The quantitative estimate of drug-likeness (QED) is 0.431. The molecule has 1 aliphatic heterocycles. The van der Waals surface area contributed by atoms with E-state index in [1.807, 2.05) is 19.1 Å². The van der Waals surface area contributed by atoms with Crippen LogP contribution in [0.15, 0.2) is 64.7 Å². The van der Waals surface area contributed by atoms with Crippen LogP contribution in [0.1, 0.15) is 40.9 Å². The number of carbonyl (C=O) groups excluding carboxylic acids is 2. The molecule has 0 bridgehead atoms. The molecule has 170 valence electrons. The van der Waals surface area contributed by atoms with Crippen molar-refractivity contribution in [3.8, 4) is 11.3 Å². The van der Waals surface area contributed by atoms with Gasteiger partial charge in [-0.2, -0.15) is 0 Å². The van der Waals surface area contributed by atoms with Crippen LogP contribution in [-0.4, -0.2) is 29.8 Å². The van der Waals surface area contributed by atoms with Crippen molar-refractivity contribution >= 4 is 41.1 Å². The second-order valence-corrected chi connectivity index (χ2v) is 8.90. The van der Waals surface area contributed by atoms with Gasteiger partial charge in [0, 0.05) is 35.3 Å². The lowest BCUT2D eigenvalue weighted by molar-refractivity contribution is -0.128. The summed E-state index contributed by atoms with van der Waals surface area (Å²) >= 11 is 12.4. The number of likely N-dealkylation sites (tertiary alicyclic amines) is 1. The molecule has 2 aromatic carbocycles. The van der Waals surface area contributed by atoms with Crippen LogP contribution in [0.3, 0.4) is 0 Å². The maximum Gasteiger partial charge on any atom is 0.270 e. The first-order chi connectivity index (χ1) is 15.9. The topological polar surface area (TPSA) is 62.6 Å². The Balaban J connectivity index is 1.64. The second kappa shape index (κ2) is 10.3. The summed E-state index contributed by atoms with van der Waals surface area (Å²) in [5.41, 5.74) is 2.34. The first-order valence-electron chi connectivity index (χ1n) is 10.8. The number of piperidine rings is 1. The maximum atomic E-state index is 13.3. The Morgan fingerprint density at radius 3 is 2.42 bits per heavy atom. The normalized spacial score (nSPS) is 14.3. The van der Waals surface area contributed by atoms with Gasteiger partial charge < -0.3 is 14.6 Å². The van der Waals surface area contributed by atoms with Crippen molar-refractivity contribution in [3.05, 3.63) is 87.2 Å². The number of aryl methyl sites for hydroxylation is 1. The molecule has 1 saturated heterocycles. The predicted molar refractivity (Wildman–Crippen MR) is 131 cm³/mol. The van der Waals surface area contributed by atoms with Crippen LogP contribution >= 0.6 is 23.2 Å². The maximum absolute atomic E-state index is 13.3. The number of hydrogen-bond donors (Lipinski definition) is 1. The van der Waals surface area contributed by atoms with E-state index in [1.165, 1.54) is 0 Å². The summed E-state index contributed by atoms with van der Waals surface area (Å²) in [6.45, 7) is 3.28. The zero-order valence-electron chi connectivity index (χ0n) is 18.2. The average molecular weight is 483 g/mol. The summed E-state index contributed by atoms with van der Waals surface area (Å²) in [6, 6.07) is 15.8. The molecule has 0 spiro atoms. The van der Waals surface area contributed by atoms with Crippen LogP contribution in [0, 0.1) is 6.92 Å². The molecule has 4 rings (SSSR count). The number of nitrogens with one attached hydrogen (secondary N) is 1. The lowest BCUT2D eigenvalue weighted by Crippen LogP contribution is -2.41. The lowest BCUT2D eigenvalue weighted by Gasteiger charge is -2.27. The molecule has 1 N–H and O–H groups in total. The fraction of sp³-hybridized carbons (Fsp3) is 0.231. The van der Waals surface area contributed by atoms with Gasteiger partial charge in [0.05, 0.1) is 5.02 Å². The molecule has 0 atom stereocenters. The van der Waals surface area contributed by atoms with Crippen LogP contribution in [0.25, 0.3) is 17.4 Å². The smallest absolute Gasteiger partial charge is 0.270 e. The summed E-state index contributed by atoms with van der Waals surface area (Å²) < 4.78 is 5.94. The van der Waals surface area contributed by atoms with Crippen molar-refractivity contribution in [2.45, 2.75) is 26.2 Å². The van der Waals surface area contributed by atoms with Gasteiger partial charge in [-0.05, 0) is 68.7 Å². The fourth-order valence-corrected chi connectivity index (χ4v) is 4.10. The fourth-order valence-electron chi connectivity index (χ4n) is 3.72. The molecular weight excluding hydrogens is 459 g/mol. The Labute approximate surface area is 203 Å². The van der Waals surface area contributed by atoms with E-state index in [2.05, 4.69) is 5.32 Å². The summed E-state index contributed by atoms with van der Waals surface area (Å²) in [5, 5.41) is 3.83. The van der Waals surface area contributed by atoms with Crippen molar-refractivity contribution in [2.24, 2.45) is 0 Å². The Morgan fingerprint density at radius 2 is 1.70 bits per heavy atom. The van der Waals surface area contributed by atoms with E-state index in [9.17, 15) is 9.59 Å². The number of furan rings is 1. The lowest BCUT2D eigenvalue weighted by atomic mass is 10.1. The van der Waals surface area contributed by atoms with E-state index < -0.39 is 0 Å². The summed E-state index contributed by atoms with van der Waals surface area (Å²) in [7, 11) is 0. The SMILES string of the molecule is Cc1ccc(C(=O)N/C(=C/c2ccc(-c3cc(Cl)ccc3Cl)o2)C(=O)N2CCCCC2)cc1. The number of halogens is 2. The molecule has 1 aromatic heterocycles. The van der Waals surface area contributed by atoms with Gasteiger partial charge in [0.1, 0.15) is 17.2 Å². The van der Waals surface area contributed by atoms with Gasteiger partial charge in [-0.3, -0.25) is 9.59 Å². The van der Waals surface area contributed by atoms with E-state index in [0.717, 1.165) is 24.8 Å².